The molecule has 1 N–H and O–H groups in total. The molecular weight excluding hydrogens is 952 g/mol. The number of esters is 1. The first-order valence-corrected chi connectivity index (χ1v) is 33.4. The Labute approximate surface area is 465 Å². The number of rotatable bonds is 58. The SMILES string of the molecule is CC/C=C/C=C/C=C/CCCCCCCCCC(=O)OC(/C=C\CCCCCCCCCCC)C(COP(=O)([O-])OCC[N+](C)(C)C)NC(=O)CCCCCCCCCCCCCCCCCCCCCCCCC. The van der Waals surface area contributed by atoms with Gasteiger partial charge in [0.1, 0.15) is 19.3 Å². The summed E-state index contributed by atoms with van der Waals surface area (Å²) in [4.78, 5) is 40.0. The molecule has 3 atom stereocenters. The average molecular weight is 1080 g/mol. The lowest BCUT2D eigenvalue weighted by Gasteiger charge is -2.30. The summed E-state index contributed by atoms with van der Waals surface area (Å²) in [5.41, 5.74) is 0. The molecule has 75 heavy (non-hydrogen) atoms. The van der Waals surface area contributed by atoms with Crippen LogP contribution in [0.15, 0.2) is 48.6 Å². The number of hydrogen-bond acceptors (Lipinski definition) is 7. The fraction of sp³-hybridized carbons (Fsp3) is 0.846. The van der Waals surface area contributed by atoms with Crippen LogP contribution >= 0.6 is 7.82 Å². The number of quaternary nitrogens is 1. The minimum atomic E-state index is -4.70. The Balaban J connectivity index is 5.09. The lowest BCUT2D eigenvalue weighted by molar-refractivity contribution is -0.870. The largest absolute Gasteiger partial charge is 0.756 e. The minimum absolute atomic E-state index is 0.0233. The molecule has 0 radical (unpaired) electrons. The zero-order valence-corrected chi connectivity index (χ0v) is 51.2. The van der Waals surface area contributed by atoms with Crippen LogP contribution in [-0.4, -0.2) is 69.4 Å². The standard InChI is InChI=1S/C65H123N2O7P/c1-7-10-13-16-19-22-25-27-29-30-31-32-33-34-35-36-38-39-42-45-48-51-54-57-64(68)66-62(61-73-75(70,71)72-60-59-67(4,5)6)63(56-53-50-47-44-41-24-21-18-15-12-9-3)74-65(69)58-55-52-49-46-43-40-37-28-26-23-20-17-14-11-8-2/h11,14,17,20,23,26,53,56,62-63H,7-10,12-13,15-16,18-19,21-22,24-25,27-52,54-55,57-61H2,1-6H3,(H-,66,68,70,71)/b14-11+,20-17+,26-23+,56-53-. The number of nitrogens with zero attached hydrogens (tertiary/aromatic N) is 1. The van der Waals surface area contributed by atoms with E-state index in [1.165, 1.54) is 193 Å². The molecule has 0 aliphatic rings. The number of carbonyl (C=O) groups is 2. The van der Waals surface area contributed by atoms with Gasteiger partial charge in [0.2, 0.25) is 5.91 Å². The van der Waals surface area contributed by atoms with Gasteiger partial charge >= 0.3 is 5.97 Å². The lowest BCUT2D eigenvalue weighted by Crippen LogP contribution is -2.47. The molecule has 0 spiro atoms. The van der Waals surface area contributed by atoms with Gasteiger partial charge in [-0.15, -0.1) is 0 Å². The van der Waals surface area contributed by atoms with Crippen molar-refractivity contribution in [2.45, 2.75) is 315 Å². The van der Waals surface area contributed by atoms with Gasteiger partial charge in [0, 0.05) is 12.8 Å². The Morgan fingerprint density at radius 2 is 0.853 bits per heavy atom. The quantitative estimate of drug-likeness (QED) is 0.0161. The Morgan fingerprint density at radius 1 is 0.480 bits per heavy atom. The molecule has 0 aromatic rings. The summed E-state index contributed by atoms with van der Waals surface area (Å²) in [5.74, 6) is -0.544. The number of nitrogens with one attached hydrogen (secondary N) is 1. The summed E-state index contributed by atoms with van der Waals surface area (Å²) in [7, 11) is 1.19. The molecule has 0 saturated carbocycles. The van der Waals surface area contributed by atoms with Crippen LogP contribution in [0.3, 0.4) is 0 Å². The van der Waals surface area contributed by atoms with E-state index in [2.05, 4.69) is 62.5 Å². The number of allylic oxidation sites excluding steroid dienone is 7. The van der Waals surface area contributed by atoms with Gasteiger partial charge in [0.15, 0.2) is 0 Å². The molecule has 0 aromatic heterocycles. The summed E-state index contributed by atoms with van der Waals surface area (Å²) in [6.45, 7) is 6.73. The molecule has 0 aliphatic carbocycles. The van der Waals surface area contributed by atoms with Crippen molar-refractivity contribution in [3.8, 4) is 0 Å². The minimum Gasteiger partial charge on any atom is -0.756 e. The second kappa shape index (κ2) is 55.3. The van der Waals surface area contributed by atoms with E-state index >= 15 is 0 Å². The summed E-state index contributed by atoms with van der Waals surface area (Å²) < 4.78 is 30.3. The maximum absolute atomic E-state index is 13.5. The van der Waals surface area contributed by atoms with Gasteiger partial charge in [-0.25, -0.2) is 0 Å². The molecule has 1 amide bonds. The van der Waals surface area contributed by atoms with Crippen molar-refractivity contribution in [1.29, 1.82) is 0 Å². The second-order valence-corrected chi connectivity index (χ2v) is 24.4. The molecule has 0 bridgehead atoms. The second-order valence-electron chi connectivity index (χ2n) is 23.0. The first kappa shape index (κ1) is 73.0. The number of phosphoric acid groups is 1. The predicted molar refractivity (Wildman–Crippen MR) is 321 cm³/mol. The zero-order chi connectivity index (χ0) is 55.0. The molecule has 0 heterocycles. The van der Waals surface area contributed by atoms with Crippen molar-refractivity contribution < 1.29 is 37.3 Å². The number of phosphoric ester groups is 1. The monoisotopic (exact) mass is 1070 g/mol. The van der Waals surface area contributed by atoms with Crippen LogP contribution in [0.1, 0.15) is 303 Å². The molecule has 10 heteroatoms. The van der Waals surface area contributed by atoms with Crippen molar-refractivity contribution in [1.82, 2.24) is 5.32 Å². The van der Waals surface area contributed by atoms with Crippen LogP contribution in [0, 0.1) is 0 Å². The maximum Gasteiger partial charge on any atom is 0.306 e. The molecule has 0 fully saturated rings. The number of carbonyl (C=O) groups excluding carboxylic acids is 2. The number of hydrogen-bond donors (Lipinski definition) is 1. The molecule has 9 nitrogen and oxygen atoms in total. The van der Waals surface area contributed by atoms with Crippen molar-refractivity contribution in [2.24, 2.45) is 0 Å². The van der Waals surface area contributed by atoms with E-state index in [-0.39, 0.29) is 31.5 Å². The Morgan fingerprint density at radius 3 is 1.27 bits per heavy atom. The van der Waals surface area contributed by atoms with Gasteiger partial charge in [0.25, 0.3) is 7.82 Å². The van der Waals surface area contributed by atoms with Crippen molar-refractivity contribution in [3.63, 3.8) is 0 Å². The highest BCUT2D eigenvalue weighted by Crippen LogP contribution is 2.38. The van der Waals surface area contributed by atoms with Crippen molar-refractivity contribution in [2.75, 3.05) is 40.9 Å². The Kier molecular flexibility index (Phi) is 53.8. The van der Waals surface area contributed by atoms with Crippen molar-refractivity contribution in [3.05, 3.63) is 48.6 Å². The summed E-state index contributed by atoms with van der Waals surface area (Å²) in [6.07, 6.45) is 68.0. The van der Waals surface area contributed by atoms with Crippen LogP contribution in [0.4, 0.5) is 0 Å². The summed E-state index contributed by atoms with van der Waals surface area (Å²) in [5, 5.41) is 3.03. The third-order valence-corrected chi connectivity index (χ3v) is 15.3. The van der Waals surface area contributed by atoms with Gasteiger partial charge in [-0.2, -0.15) is 0 Å². The van der Waals surface area contributed by atoms with Gasteiger partial charge in [-0.05, 0) is 51.0 Å². The van der Waals surface area contributed by atoms with Crippen LogP contribution in [-0.2, 0) is 27.9 Å². The highest BCUT2D eigenvalue weighted by Gasteiger charge is 2.27. The Bertz CT molecular complexity index is 1420. The van der Waals surface area contributed by atoms with Gasteiger partial charge in [0.05, 0.1) is 33.8 Å². The topological polar surface area (TPSA) is 114 Å². The number of ether oxygens (including phenoxy) is 1. The molecule has 3 unspecified atom stereocenters. The number of amides is 1. The fourth-order valence-electron chi connectivity index (χ4n) is 9.41. The maximum atomic E-state index is 13.5. The molecule has 0 saturated heterocycles. The van der Waals surface area contributed by atoms with Crippen LogP contribution < -0.4 is 10.2 Å². The first-order chi connectivity index (χ1) is 36.4. The molecular formula is C65H123N2O7P. The van der Waals surface area contributed by atoms with E-state index < -0.39 is 20.0 Å². The Hall–Kier alpha value is -2.03. The predicted octanol–water partition coefficient (Wildman–Crippen LogP) is 19.0. The number of unbranched alkanes of at least 4 members (excludes halogenated alkanes) is 38. The molecule has 0 aliphatic heterocycles. The normalized spacial score (nSPS) is 14.0. The summed E-state index contributed by atoms with van der Waals surface area (Å²) >= 11 is 0. The van der Waals surface area contributed by atoms with E-state index in [0.717, 1.165) is 77.0 Å². The number of likely N-dealkylation sites (N-methyl/N-ethyl adjacent to an activating group) is 1. The average Bonchev–Trinajstić information content (AvgIpc) is 3.37. The van der Waals surface area contributed by atoms with Crippen molar-refractivity contribution >= 4 is 19.7 Å². The smallest absolute Gasteiger partial charge is 0.306 e. The third-order valence-electron chi connectivity index (χ3n) is 14.3. The fourth-order valence-corrected chi connectivity index (χ4v) is 10.1. The highest BCUT2D eigenvalue weighted by atomic mass is 31.2. The van der Waals surface area contributed by atoms with Crippen LogP contribution in [0.5, 0.6) is 0 Å². The van der Waals surface area contributed by atoms with Gasteiger partial charge < -0.3 is 28.5 Å². The zero-order valence-electron chi connectivity index (χ0n) is 50.3. The van der Waals surface area contributed by atoms with E-state index in [4.69, 9.17) is 13.8 Å². The van der Waals surface area contributed by atoms with Gasteiger partial charge in [-0.1, -0.05) is 288 Å². The lowest BCUT2D eigenvalue weighted by atomic mass is 10.0. The van der Waals surface area contributed by atoms with Gasteiger partial charge in [-0.3, -0.25) is 14.2 Å². The molecule has 0 rings (SSSR count). The van der Waals surface area contributed by atoms with E-state index in [1.807, 2.05) is 33.3 Å². The van der Waals surface area contributed by atoms with E-state index in [9.17, 15) is 19.0 Å². The third kappa shape index (κ3) is 56.5. The van der Waals surface area contributed by atoms with Crippen LogP contribution in [0.2, 0.25) is 0 Å². The first-order valence-electron chi connectivity index (χ1n) is 32.0. The van der Waals surface area contributed by atoms with E-state index in [0.29, 0.717) is 17.4 Å². The summed E-state index contributed by atoms with van der Waals surface area (Å²) in [6, 6.07) is -0.890. The molecule has 440 valence electrons. The molecule has 0 aromatic carbocycles. The van der Waals surface area contributed by atoms with E-state index in [1.54, 1.807) is 0 Å². The van der Waals surface area contributed by atoms with Crippen LogP contribution in [0.25, 0.3) is 0 Å². The highest BCUT2D eigenvalue weighted by molar-refractivity contribution is 7.45.